The molecule has 3 aromatic rings. The van der Waals surface area contributed by atoms with Gasteiger partial charge in [-0.1, -0.05) is 39.8 Å². The fourth-order valence-electron chi connectivity index (χ4n) is 2.51. The van der Waals surface area contributed by atoms with Gasteiger partial charge in [0.1, 0.15) is 0 Å². The van der Waals surface area contributed by atoms with Crippen molar-refractivity contribution in [2.24, 2.45) is 0 Å². The smallest absolute Gasteiger partial charge is 0.262 e. The zero-order valence-electron chi connectivity index (χ0n) is 14.4. The lowest BCUT2D eigenvalue weighted by Crippen LogP contribution is -2.26. The van der Waals surface area contributed by atoms with Gasteiger partial charge in [-0.05, 0) is 50.2 Å². The lowest BCUT2D eigenvalue weighted by molar-refractivity contribution is -0.115. The van der Waals surface area contributed by atoms with E-state index in [1.165, 1.54) is 11.8 Å². The lowest BCUT2D eigenvalue weighted by atomic mass is 10.2. The number of para-hydroxylation sites is 1. The number of carbonyl (C=O) groups excluding carboxylic acids is 1. The van der Waals surface area contributed by atoms with E-state index >= 15 is 0 Å². The van der Waals surface area contributed by atoms with Crippen molar-refractivity contribution in [3.05, 3.63) is 63.4 Å². The van der Waals surface area contributed by atoms with Gasteiger partial charge in [0.25, 0.3) is 5.56 Å². The first-order valence-corrected chi connectivity index (χ1v) is 9.89. The summed E-state index contributed by atoms with van der Waals surface area (Å²) in [6.07, 6.45) is 0. The molecule has 1 atom stereocenters. The van der Waals surface area contributed by atoms with Crippen LogP contribution in [0.4, 0.5) is 5.69 Å². The molecule has 3 rings (SSSR count). The number of nitrogens with zero attached hydrogens (tertiary/aromatic N) is 2. The van der Waals surface area contributed by atoms with Crippen LogP contribution in [-0.4, -0.2) is 20.7 Å². The van der Waals surface area contributed by atoms with Gasteiger partial charge in [-0.15, -0.1) is 0 Å². The highest BCUT2D eigenvalue weighted by atomic mass is 79.9. The van der Waals surface area contributed by atoms with Crippen LogP contribution in [0.5, 0.6) is 0 Å². The predicted molar refractivity (Wildman–Crippen MR) is 110 cm³/mol. The summed E-state index contributed by atoms with van der Waals surface area (Å²) in [5.41, 5.74) is 1.29. The molecule has 1 N–H and O–H groups in total. The molecule has 5 nitrogen and oxygen atoms in total. The van der Waals surface area contributed by atoms with Gasteiger partial charge in [-0.2, -0.15) is 0 Å². The first-order chi connectivity index (χ1) is 12.5. The molecule has 0 aliphatic heterocycles. The van der Waals surface area contributed by atoms with Gasteiger partial charge in [0.2, 0.25) is 5.91 Å². The van der Waals surface area contributed by atoms with E-state index in [2.05, 4.69) is 26.2 Å². The molecule has 0 saturated heterocycles. The second-order valence-electron chi connectivity index (χ2n) is 5.72. The summed E-state index contributed by atoms with van der Waals surface area (Å²) >= 11 is 4.65. The number of amides is 1. The average molecular weight is 432 g/mol. The van der Waals surface area contributed by atoms with E-state index in [0.717, 1.165) is 10.2 Å². The van der Waals surface area contributed by atoms with Crippen LogP contribution in [0.2, 0.25) is 0 Å². The second kappa shape index (κ2) is 8.05. The van der Waals surface area contributed by atoms with Crippen molar-refractivity contribution in [3.63, 3.8) is 0 Å². The molecule has 0 saturated carbocycles. The molecule has 26 heavy (non-hydrogen) atoms. The Morgan fingerprint density at radius 1 is 1.23 bits per heavy atom. The molecule has 0 aliphatic carbocycles. The third kappa shape index (κ3) is 3.99. The fraction of sp³-hybridized carbons (Fsp3) is 0.211. The van der Waals surface area contributed by atoms with E-state index in [1.807, 2.05) is 49.4 Å². The van der Waals surface area contributed by atoms with Gasteiger partial charge in [0, 0.05) is 16.7 Å². The first-order valence-electron chi connectivity index (χ1n) is 8.22. The van der Waals surface area contributed by atoms with Gasteiger partial charge >= 0.3 is 0 Å². The number of hydrogen-bond donors (Lipinski definition) is 1. The molecular weight excluding hydrogens is 414 g/mol. The third-order valence-corrected chi connectivity index (χ3v) is 5.52. The Morgan fingerprint density at radius 2 is 1.92 bits per heavy atom. The molecule has 0 aliphatic rings. The number of hydrogen-bond acceptors (Lipinski definition) is 4. The summed E-state index contributed by atoms with van der Waals surface area (Å²) in [5.74, 6) is -0.137. The maximum absolute atomic E-state index is 12.7. The minimum absolute atomic E-state index is 0.0823. The SMILES string of the molecule is CCn1c(S[C@H](C)C(=O)Nc2ccc(Br)cc2)nc2ccccc2c1=O. The topological polar surface area (TPSA) is 64.0 Å². The average Bonchev–Trinajstić information content (AvgIpc) is 2.64. The number of halogens is 1. The number of thioether (sulfide) groups is 1. The van der Waals surface area contributed by atoms with E-state index < -0.39 is 5.25 Å². The molecule has 1 heterocycles. The van der Waals surface area contributed by atoms with Crippen LogP contribution in [-0.2, 0) is 11.3 Å². The minimum atomic E-state index is -0.399. The van der Waals surface area contributed by atoms with Crippen LogP contribution in [0.3, 0.4) is 0 Å². The zero-order chi connectivity index (χ0) is 18.7. The van der Waals surface area contributed by atoms with Crippen LogP contribution in [0.25, 0.3) is 10.9 Å². The molecular formula is C19H18BrN3O2S. The van der Waals surface area contributed by atoms with E-state index in [9.17, 15) is 9.59 Å². The van der Waals surface area contributed by atoms with Crippen LogP contribution in [0.1, 0.15) is 13.8 Å². The van der Waals surface area contributed by atoms with Crippen molar-refractivity contribution >= 4 is 50.2 Å². The zero-order valence-corrected chi connectivity index (χ0v) is 16.8. The van der Waals surface area contributed by atoms with Gasteiger partial charge in [0.15, 0.2) is 5.16 Å². The molecule has 0 radical (unpaired) electrons. The Balaban J connectivity index is 1.84. The summed E-state index contributed by atoms with van der Waals surface area (Å²) in [5, 5.41) is 3.62. The number of rotatable bonds is 5. The van der Waals surface area contributed by atoms with Crippen molar-refractivity contribution in [1.82, 2.24) is 9.55 Å². The minimum Gasteiger partial charge on any atom is -0.325 e. The third-order valence-electron chi connectivity index (χ3n) is 3.91. The van der Waals surface area contributed by atoms with E-state index in [-0.39, 0.29) is 11.5 Å². The van der Waals surface area contributed by atoms with E-state index in [0.29, 0.717) is 22.6 Å². The normalized spacial score (nSPS) is 12.1. The van der Waals surface area contributed by atoms with Crippen molar-refractivity contribution < 1.29 is 4.79 Å². The molecule has 0 spiro atoms. The van der Waals surface area contributed by atoms with Crippen LogP contribution in [0, 0.1) is 0 Å². The van der Waals surface area contributed by atoms with Crippen molar-refractivity contribution in [1.29, 1.82) is 0 Å². The van der Waals surface area contributed by atoms with Gasteiger partial charge in [-0.25, -0.2) is 4.98 Å². The Bertz CT molecular complexity index is 1000. The van der Waals surface area contributed by atoms with E-state index in [4.69, 9.17) is 0 Å². The number of benzene rings is 2. The highest BCUT2D eigenvalue weighted by molar-refractivity contribution is 9.10. The number of aromatic nitrogens is 2. The summed E-state index contributed by atoms with van der Waals surface area (Å²) in [4.78, 5) is 29.7. The second-order valence-corrected chi connectivity index (χ2v) is 7.94. The molecule has 0 bridgehead atoms. The number of fused-ring (bicyclic) bond motifs is 1. The summed E-state index contributed by atoms with van der Waals surface area (Å²) < 4.78 is 2.56. The largest absolute Gasteiger partial charge is 0.325 e. The Labute approximate surface area is 164 Å². The van der Waals surface area contributed by atoms with Crippen LogP contribution in [0.15, 0.2) is 63.0 Å². The highest BCUT2D eigenvalue weighted by Gasteiger charge is 2.19. The van der Waals surface area contributed by atoms with Crippen molar-refractivity contribution in [2.75, 3.05) is 5.32 Å². The van der Waals surface area contributed by atoms with E-state index in [1.54, 1.807) is 17.6 Å². The Morgan fingerprint density at radius 3 is 2.62 bits per heavy atom. The van der Waals surface area contributed by atoms with Gasteiger partial charge in [-0.3, -0.25) is 14.2 Å². The highest BCUT2D eigenvalue weighted by Crippen LogP contribution is 2.24. The monoisotopic (exact) mass is 431 g/mol. The van der Waals surface area contributed by atoms with Gasteiger partial charge in [0.05, 0.1) is 16.2 Å². The number of nitrogens with one attached hydrogen (secondary N) is 1. The molecule has 1 amide bonds. The maximum atomic E-state index is 12.7. The summed E-state index contributed by atoms with van der Waals surface area (Å²) in [7, 11) is 0. The lowest BCUT2D eigenvalue weighted by Gasteiger charge is -2.15. The summed E-state index contributed by atoms with van der Waals surface area (Å²) in [6.45, 7) is 4.20. The Kier molecular flexibility index (Phi) is 5.78. The molecule has 7 heteroatoms. The number of carbonyl (C=O) groups is 1. The molecule has 1 aromatic heterocycles. The standard InChI is InChI=1S/C19H18BrN3O2S/c1-3-23-18(25)15-6-4-5-7-16(15)22-19(23)26-12(2)17(24)21-14-10-8-13(20)9-11-14/h4-12H,3H2,1-2H3,(H,21,24)/t12-/m1/s1. The first kappa shape index (κ1) is 18.7. The number of anilines is 1. The molecule has 2 aromatic carbocycles. The summed E-state index contributed by atoms with van der Waals surface area (Å²) in [6, 6.07) is 14.7. The quantitative estimate of drug-likeness (QED) is 0.483. The fourth-order valence-corrected chi connectivity index (χ4v) is 3.74. The predicted octanol–water partition coefficient (Wildman–Crippen LogP) is 4.30. The van der Waals surface area contributed by atoms with Crippen molar-refractivity contribution in [3.8, 4) is 0 Å². The molecule has 134 valence electrons. The van der Waals surface area contributed by atoms with Crippen LogP contribution >= 0.6 is 27.7 Å². The van der Waals surface area contributed by atoms with Gasteiger partial charge < -0.3 is 5.32 Å². The van der Waals surface area contributed by atoms with Crippen LogP contribution < -0.4 is 10.9 Å². The van der Waals surface area contributed by atoms with Crippen molar-refractivity contribution in [2.45, 2.75) is 30.8 Å². The maximum Gasteiger partial charge on any atom is 0.262 e. The molecule has 0 fully saturated rings. The Hall–Kier alpha value is -2.12. The molecule has 0 unspecified atom stereocenters.